The Kier molecular flexibility index (Phi) is 0.635. The van der Waals surface area contributed by atoms with Crippen LogP contribution in [-0.2, 0) is 9.31 Å². The van der Waals surface area contributed by atoms with Gasteiger partial charge in [-0.15, -0.1) is 0 Å². The molecule has 1 N–H and O–H groups in total. The first-order valence-corrected chi connectivity index (χ1v) is 1.42. The van der Waals surface area contributed by atoms with Gasteiger partial charge in [-0.05, 0) is 0 Å². The fourth-order valence-corrected chi connectivity index (χ4v) is 0.191. The normalized spacial score (nSPS) is 17.0. The maximum Gasteiger partial charge on any atom is 0.660 e. The summed E-state index contributed by atoms with van der Waals surface area (Å²) in [6.07, 6.45) is 1.10. The minimum absolute atomic E-state index is 0.199. The summed E-state index contributed by atoms with van der Waals surface area (Å²) in [5.74, 6) is -0.199. The lowest BCUT2D eigenvalue weighted by Crippen LogP contribution is -1.87. The van der Waals surface area contributed by atoms with E-state index < -0.39 is 0 Å². The smallest absolute Gasteiger partial charge is 0.527 e. The molecule has 4 heteroatoms. The predicted molar refractivity (Wildman–Crippen MR) is 18.6 cm³/mol. The van der Waals surface area contributed by atoms with E-state index in [0.717, 1.165) is 13.9 Å². The molecule has 0 aromatic carbocycles. The Balaban J connectivity index is 2.45. The standard InChI is InChI=1S/C2H2BO3/c4-2-1-5-3-6-2/h1,4H. The molecule has 0 fully saturated rings. The summed E-state index contributed by atoms with van der Waals surface area (Å²) < 4.78 is 8.52. The van der Waals surface area contributed by atoms with Crippen LogP contribution in [0.25, 0.3) is 0 Å². The topological polar surface area (TPSA) is 38.7 Å². The lowest BCUT2D eigenvalue weighted by molar-refractivity contribution is 0.224. The molecule has 1 rings (SSSR count). The van der Waals surface area contributed by atoms with Gasteiger partial charge in [0.1, 0.15) is 6.26 Å². The van der Waals surface area contributed by atoms with Crippen molar-refractivity contribution in [1.82, 2.24) is 0 Å². The van der Waals surface area contributed by atoms with Gasteiger partial charge in [0.2, 0.25) is 0 Å². The van der Waals surface area contributed by atoms with Gasteiger partial charge in [0.25, 0.3) is 5.95 Å². The molecule has 0 saturated carbocycles. The van der Waals surface area contributed by atoms with Gasteiger partial charge in [-0.25, -0.2) is 0 Å². The molecule has 1 heterocycles. The van der Waals surface area contributed by atoms with Gasteiger partial charge in [0.05, 0.1) is 0 Å². The molecule has 0 atom stereocenters. The summed E-state index contributed by atoms with van der Waals surface area (Å²) in [5.41, 5.74) is 0. The summed E-state index contributed by atoms with van der Waals surface area (Å²) in [6, 6.07) is 0. The Labute approximate surface area is 35.5 Å². The highest BCUT2D eigenvalue weighted by molar-refractivity contribution is 6.19. The van der Waals surface area contributed by atoms with Crippen LogP contribution in [0.5, 0.6) is 0 Å². The first-order chi connectivity index (χ1) is 2.89. The summed E-state index contributed by atoms with van der Waals surface area (Å²) >= 11 is 0. The van der Waals surface area contributed by atoms with E-state index in [-0.39, 0.29) is 5.95 Å². The first kappa shape index (κ1) is 3.40. The molecule has 6 heavy (non-hydrogen) atoms. The Morgan fingerprint density at radius 2 is 2.67 bits per heavy atom. The van der Waals surface area contributed by atoms with Crippen LogP contribution in [0.2, 0.25) is 0 Å². The number of hydrogen-bond donors (Lipinski definition) is 1. The highest BCUT2D eigenvalue weighted by atomic mass is 16.7. The highest BCUT2D eigenvalue weighted by Crippen LogP contribution is 1.96. The molecular formula is C2H2BO3. The van der Waals surface area contributed by atoms with Crippen LogP contribution in [0, 0.1) is 0 Å². The highest BCUT2D eigenvalue weighted by Gasteiger charge is 2.05. The summed E-state index contributed by atoms with van der Waals surface area (Å²) in [4.78, 5) is 0. The number of aliphatic hydroxyl groups excluding tert-OH is 1. The largest absolute Gasteiger partial charge is 0.660 e. The van der Waals surface area contributed by atoms with Crippen LogP contribution in [0.1, 0.15) is 0 Å². The van der Waals surface area contributed by atoms with E-state index in [0.29, 0.717) is 0 Å². The van der Waals surface area contributed by atoms with Crippen LogP contribution in [-0.4, -0.2) is 12.8 Å². The predicted octanol–water partition coefficient (Wildman–Crippen LogP) is -0.0757. The van der Waals surface area contributed by atoms with Crippen molar-refractivity contribution >= 4 is 7.69 Å². The van der Waals surface area contributed by atoms with Gasteiger partial charge in [-0.3, -0.25) is 0 Å². The number of hydrogen-bond acceptors (Lipinski definition) is 3. The number of rotatable bonds is 0. The van der Waals surface area contributed by atoms with E-state index in [1.807, 2.05) is 0 Å². The van der Waals surface area contributed by atoms with Crippen molar-refractivity contribution in [2.24, 2.45) is 0 Å². The lowest BCUT2D eigenvalue weighted by Gasteiger charge is -1.82. The zero-order valence-electron chi connectivity index (χ0n) is 2.92. The Morgan fingerprint density at radius 3 is 2.83 bits per heavy atom. The van der Waals surface area contributed by atoms with E-state index >= 15 is 0 Å². The van der Waals surface area contributed by atoms with E-state index in [9.17, 15) is 0 Å². The molecule has 0 aromatic rings. The van der Waals surface area contributed by atoms with E-state index in [1.54, 1.807) is 0 Å². The second kappa shape index (κ2) is 1.12. The lowest BCUT2D eigenvalue weighted by atomic mass is 10.4. The van der Waals surface area contributed by atoms with Crippen molar-refractivity contribution in [3.63, 3.8) is 0 Å². The average Bonchev–Trinajstić information content (AvgIpc) is 1.86. The van der Waals surface area contributed by atoms with Crippen molar-refractivity contribution < 1.29 is 14.4 Å². The molecule has 0 saturated heterocycles. The summed E-state index contributed by atoms with van der Waals surface area (Å²) in [6.45, 7) is 0. The van der Waals surface area contributed by atoms with Gasteiger partial charge in [-0.1, -0.05) is 0 Å². The third kappa shape index (κ3) is 0.405. The van der Waals surface area contributed by atoms with E-state index in [1.165, 1.54) is 0 Å². The van der Waals surface area contributed by atoms with Crippen molar-refractivity contribution in [3.8, 4) is 0 Å². The Hall–Kier alpha value is -0.795. The first-order valence-electron chi connectivity index (χ1n) is 1.42. The van der Waals surface area contributed by atoms with Crippen LogP contribution < -0.4 is 0 Å². The third-order valence-electron chi connectivity index (χ3n) is 0.393. The second-order valence-corrected chi connectivity index (χ2v) is 0.806. The van der Waals surface area contributed by atoms with Crippen LogP contribution in [0.4, 0.5) is 0 Å². The molecule has 0 aromatic heterocycles. The van der Waals surface area contributed by atoms with E-state index in [4.69, 9.17) is 5.11 Å². The fraction of sp³-hybridized carbons (Fsp3) is 0. The molecule has 0 unspecified atom stereocenters. The Morgan fingerprint density at radius 1 is 1.83 bits per heavy atom. The van der Waals surface area contributed by atoms with Crippen LogP contribution in [0.15, 0.2) is 12.2 Å². The van der Waals surface area contributed by atoms with Gasteiger partial charge < -0.3 is 14.4 Å². The molecular weight excluding hydrogens is 82.8 g/mol. The molecule has 0 spiro atoms. The Bertz CT molecular complexity index is 78.9. The molecule has 3 nitrogen and oxygen atoms in total. The minimum atomic E-state index is -0.199. The zero-order chi connectivity index (χ0) is 4.41. The molecule has 0 bridgehead atoms. The van der Waals surface area contributed by atoms with E-state index in [2.05, 4.69) is 9.31 Å². The minimum Gasteiger partial charge on any atom is -0.527 e. The number of aliphatic hydroxyl groups is 1. The molecule has 1 radical (unpaired) electrons. The van der Waals surface area contributed by atoms with Crippen LogP contribution in [0.3, 0.4) is 0 Å². The summed E-state index contributed by atoms with van der Waals surface area (Å²) in [7, 11) is 1.04. The molecule has 31 valence electrons. The fourth-order valence-electron chi connectivity index (χ4n) is 0.191. The molecule has 0 amide bonds. The average molecular weight is 84.8 g/mol. The molecule has 1 aliphatic heterocycles. The third-order valence-corrected chi connectivity index (χ3v) is 0.393. The molecule has 0 aliphatic carbocycles. The second-order valence-electron chi connectivity index (χ2n) is 0.806. The van der Waals surface area contributed by atoms with Gasteiger partial charge in [0, 0.05) is 0 Å². The van der Waals surface area contributed by atoms with Crippen molar-refractivity contribution in [1.29, 1.82) is 0 Å². The van der Waals surface area contributed by atoms with Crippen molar-refractivity contribution in [2.75, 3.05) is 0 Å². The molecule has 1 aliphatic rings. The quantitative estimate of drug-likeness (QED) is 0.418. The van der Waals surface area contributed by atoms with Crippen LogP contribution >= 0.6 is 0 Å². The maximum absolute atomic E-state index is 8.21. The van der Waals surface area contributed by atoms with Gasteiger partial charge >= 0.3 is 7.69 Å². The monoisotopic (exact) mass is 85.0 g/mol. The van der Waals surface area contributed by atoms with Gasteiger partial charge in [-0.2, -0.15) is 0 Å². The maximum atomic E-state index is 8.21. The zero-order valence-corrected chi connectivity index (χ0v) is 2.92. The summed E-state index contributed by atoms with van der Waals surface area (Å²) in [5, 5.41) is 8.21. The van der Waals surface area contributed by atoms with Gasteiger partial charge in [0.15, 0.2) is 0 Å². The van der Waals surface area contributed by atoms with Crippen molar-refractivity contribution in [3.05, 3.63) is 12.2 Å². The van der Waals surface area contributed by atoms with Crippen molar-refractivity contribution in [2.45, 2.75) is 0 Å². The SMILES string of the molecule is OC1=CO[B]O1.